The van der Waals surface area contributed by atoms with Gasteiger partial charge in [0.1, 0.15) is 5.75 Å². The highest BCUT2D eigenvalue weighted by Crippen LogP contribution is 2.29. The molecule has 2 heteroatoms. The molecule has 0 unspecified atom stereocenters. The third-order valence-corrected chi connectivity index (χ3v) is 2.89. The summed E-state index contributed by atoms with van der Waals surface area (Å²) in [6.07, 6.45) is 0. The Morgan fingerprint density at radius 1 is 1.12 bits per heavy atom. The van der Waals surface area contributed by atoms with Gasteiger partial charge in [-0.25, -0.2) is 0 Å². The molecule has 0 N–H and O–H groups in total. The molecule has 2 aromatic rings. The summed E-state index contributed by atoms with van der Waals surface area (Å²) < 4.78 is 5.51. The van der Waals surface area contributed by atoms with Crippen molar-refractivity contribution in [3.8, 4) is 16.9 Å². The van der Waals surface area contributed by atoms with Crippen LogP contribution >= 0.6 is 11.6 Å². The van der Waals surface area contributed by atoms with Gasteiger partial charge in [-0.15, -0.1) is 0 Å². The molecule has 2 rings (SSSR count). The molecule has 88 valence electrons. The standard InChI is InChI=1S/C15H15ClO/c1-3-17-14-6-4-5-12(9-14)15-10-13(16)8-7-11(15)2/h4-10H,3H2,1-2H3. The maximum Gasteiger partial charge on any atom is 0.119 e. The van der Waals surface area contributed by atoms with Crippen LogP contribution in [0, 0.1) is 6.92 Å². The lowest BCUT2D eigenvalue weighted by Crippen LogP contribution is -1.91. The second-order valence-electron chi connectivity index (χ2n) is 3.92. The van der Waals surface area contributed by atoms with E-state index in [1.807, 2.05) is 43.3 Å². The van der Waals surface area contributed by atoms with Gasteiger partial charge in [-0.3, -0.25) is 0 Å². The third kappa shape index (κ3) is 2.80. The molecule has 0 atom stereocenters. The SMILES string of the molecule is CCOc1cccc(-c2cc(Cl)ccc2C)c1. The molecule has 0 fully saturated rings. The lowest BCUT2D eigenvalue weighted by molar-refractivity contribution is 0.340. The molecule has 0 aromatic heterocycles. The summed E-state index contributed by atoms with van der Waals surface area (Å²) in [4.78, 5) is 0. The minimum atomic E-state index is 0.679. The quantitative estimate of drug-likeness (QED) is 0.762. The Balaban J connectivity index is 2.45. The molecule has 0 aliphatic carbocycles. The highest BCUT2D eigenvalue weighted by Gasteiger charge is 2.04. The Labute approximate surface area is 107 Å². The van der Waals surface area contributed by atoms with Gasteiger partial charge >= 0.3 is 0 Å². The Morgan fingerprint density at radius 2 is 1.94 bits per heavy atom. The van der Waals surface area contributed by atoms with Crippen molar-refractivity contribution in [1.82, 2.24) is 0 Å². The average Bonchev–Trinajstić information content (AvgIpc) is 2.33. The van der Waals surface area contributed by atoms with Crippen molar-refractivity contribution in [1.29, 1.82) is 0 Å². The summed E-state index contributed by atoms with van der Waals surface area (Å²) in [5.74, 6) is 0.893. The van der Waals surface area contributed by atoms with Crippen LogP contribution in [0.3, 0.4) is 0 Å². The zero-order valence-corrected chi connectivity index (χ0v) is 10.8. The Bertz CT molecular complexity index is 520. The van der Waals surface area contributed by atoms with Gasteiger partial charge in [0.05, 0.1) is 6.61 Å². The van der Waals surface area contributed by atoms with Crippen LogP contribution in [-0.4, -0.2) is 6.61 Å². The monoisotopic (exact) mass is 246 g/mol. The Morgan fingerprint density at radius 3 is 2.71 bits per heavy atom. The normalized spacial score (nSPS) is 10.3. The first-order chi connectivity index (χ1) is 8.20. The van der Waals surface area contributed by atoms with Gasteiger partial charge in [0.25, 0.3) is 0 Å². The first-order valence-electron chi connectivity index (χ1n) is 5.70. The van der Waals surface area contributed by atoms with Gasteiger partial charge < -0.3 is 4.74 Å². The number of hydrogen-bond donors (Lipinski definition) is 0. The molecule has 0 amide bonds. The van der Waals surface area contributed by atoms with Crippen molar-refractivity contribution >= 4 is 11.6 Å². The largest absolute Gasteiger partial charge is 0.494 e. The topological polar surface area (TPSA) is 9.23 Å². The van der Waals surface area contributed by atoms with Gasteiger partial charge in [-0.1, -0.05) is 29.8 Å². The fourth-order valence-corrected chi connectivity index (χ4v) is 2.00. The van der Waals surface area contributed by atoms with Crippen molar-refractivity contribution in [3.63, 3.8) is 0 Å². The van der Waals surface area contributed by atoms with Crippen LogP contribution in [0.25, 0.3) is 11.1 Å². The van der Waals surface area contributed by atoms with Crippen molar-refractivity contribution < 1.29 is 4.74 Å². The molecule has 0 saturated carbocycles. The van der Waals surface area contributed by atoms with E-state index >= 15 is 0 Å². The number of aryl methyl sites for hydroxylation is 1. The van der Waals surface area contributed by atoms with Crippen LogP contribution in [0.4, 0.5) is 0 Å². The van der Waals surface area contributed by atoms with Gasteiger partial charge in [-0.2, -0.15) is 0 Å². The molecule has 0 radical (unpaired) electrons. The molecule has 0 saturated heterocycles. The van der Waals surface area contributed by atoms with Crippen LogP contribution < -0.4 is 4.74 Å². The number of halogens is 1. The maximum absolute atomic E-state index is 6.04. The van der Waals surface area contributed by atoms with Crippen molar-refractivity contribution in [2.75, 3.05) is 6.61 Å². The van der Waals surface area contributed by atoms with E-state index in [-0.39, 0.29) is 0 Å². The van der Waals surface area contributed by atoms with Crippen LogP contribution in [0.15, 0.2) is 42.5 Å². The molecule has 17 heavy (non-hydrogen) atoms. The van der Waals surface area contributed by atoms with E-state index in [1.54, 1.807) is 0 Å². The maximum atomic E-state index is 6.04. The van der Waals surface area contributed by atoms with Gasteiger partial charge in [0.2, 0.25) is 0 Å². The first kappa shape index (κ1) is 12.0. The molecule has 0 heterocycles. The Kier molecular flexibility index (Phi) is 3.70. The van der Waals surface area contributed by atoms with Gasteiger partial charge in [0.15, 0.2) is 0 Å². The Hall–Kier alpha value is -1.47. The minimum absolute atomic E-state index is 0.679. The summed E-state index contributed by atoms with van der Waals surface area (Å²) in [5.41, 5.74) is 3.50. The summed E-state index contributed by atoms with van der Waals surface area (Å²) >= 11 is 6.04. The fraction of sp³-hybridized carbons (Fsp3) is 0.200. The smallest absolute Gasteiger partial charge is 0.119 e. The van der Waals surface area contributed by atoms with Gasteiger partial charge in [0, 0.05) is 5.02 Å². The second kappa shape index (κ2) is 5.24. The zero-order chi connectivity index (χ0) is 12.3. The lowest BCUT2D eigenvalue weighted by Gasteiger charge is -2.09. The van der Waals surface area contributed by atoms with Crippen molar-refractivity contribution in [2.24, 2.45) is 0 Å². The third-order valence-electron chi connectivity index (χ3n) is 2.66. The molecule has 0 bridgehead atoms. The number of hydrogen-bond acceptors (Lipinski definition) is 1. The fourth-order valence-electron chi connectivity index (χ4n) is 1.83. The molecular formula is C15H15ClO. The summed E-state index contributed by atoms with van der Waals surface area (Å²) in [5, 5.41) is 0.757. The van der Waals surface area contributed by atoms with E-state index < -0.39 is 0 Å². The predicted molar refractivity (Wildman–Crippen MR) is 72.8 cm³/mol. The molecule has 0 spiro atoms. The lowest BCUT2D eigenvalue weighted by atomic mass is 10.0. The average molecular weight is 247 g/mol. The van der Waals surface area contributed by atoms with Gasteiger partial charge in [-0.05, 0) is 54.8 Å². The van der Waals surface area contributed by atoms with Crippen LogP contribution in [-0.2, 0) is 0 Å². The van der Waals surface area contributed by atoms with E-state index in [9.17, 15) is 0 Å². The molecule has 2 aromatic carbocycles. The summed E-state index contributed by atoms with van der Waals surface area (Å²) in [6.45, 7) is 4.74. The van der Waals surface area contributed by atoms with Crippen molar-refractivity contribution in [3.05, 3.63) is 53.1 Å². The van der Waals surface area contributed by atoms with Crippen LogP contribution in [0.1, 0.15) is 12.5 Å². The first-order valence-corrected chi connectivity index (χ1v) is 6.08. The molecule has 1 nitrogen and oxygen atoms in total. The number of benzene rings is 2. The van der Waals surface area contributed by atoms with E-state index in [2.05, 4.69) is 13.0 Å². The van der Waals surface area contributed by atoms with E-state index in [1.165, 1.54) is 5.56 Å². The van der Waals surface area contributed by atoms with Crippen LogP contribution in [0.5, 0.6) is 5.75 Å². The van der Waals surface area contributed by atoms with Crippen molar-refractivity contribution in [2.45, 2.75) is 13.8 Å². The van der Waals surface area contributed by atoms with E-state index in [4.69, 9.17) is 16.3 Å². The van der Waals surface area contributed by atoms with E-state index in [0.29, 0.717) is 6.61 Å². The predicted octanol–water partition coefficient (Wildman–Crippen LogP) is 4.71. The molecule has 0 aliphatic rings. The summed E-state index contributed by atoms with van der Waals surface area (Å²) in [6, 6.07) is 14.0. The number of ether oxygens (including phenoxy) is 1. The highest BCUT2D eigenvalue weighted by molar-refractivity contribution is 6.30. The molecule has 0 aliphatic heterocycles. The highest BCUT2D eigenvalue weighted by atomic mass is 35.5. The number of rotatable bonds is 3. The minimum Gasteiger partial charge on any atom is -0.494 e. The van der Waals surface area contributed by atoms with E-state index in [0.717, 1.165) is 21.9 Å². The zero-order valence-electron chi connectivity index (χ0n) is 10.0. The molecular weight excluding hydrogens is 232 g/mol. The second-order valence-corrected chi connectivity index (χ2v) is 4.36. The summed E-state index contributed by atoms with van der Waals surface area (Å²) in [7, 11) is 0. The van der Waals surface area contributed by atoms with Crippen LogP contribution in [0.2, 0.25) is 5.02 Å².